The molecule has 2 heterocycles. The van der Waals surface area contributed by atoms with Gasteiger partial charge in [-0.05, 0) is 41.5 Å². The Labute approximate surface area is 143 Å². The van der Waals surface area contributed by atoms with Crippen molar-refractivity contribution < 1.29 is 13.5 Å². The maximum atomic E-state index is 12.7. The van der Waals surface area contributed by atoms with Crippen molar-refractivity contribution in [3.63, 3.8) is 0 Å². The molecule has 3 atom stereocenters. The second-order valence-electron chi connectivity index (χ2n) is 5.60. The largest absolute Gasteiger partial charge is 0.388 e. The van der Waals surface area contributed by atoms with Crippen LogP contribution in [-0.2, 0) is 16.4 Å². The Kier molecular flexibility index (Phi) is 3.60. The summed E-state index contributed by atoms with van der Waals surface area (Å²) in [4.78, 5) is 5.72. The second-order valence-corrected chi connectivity index (χ2v) is 8.70. The van der Waals surface area contributed by atoms with Gasteiger partial charge in [0, 0.05) is 11.9 Å². The number of rotatable bonds is 3. The lowest BCUT2D eigenvalue weighted by molar-refractivity contribution is 0.180. The SMILES string of the molecule is O=S(=O)(Nc1ccc2c(c1)C(O)CC2)C1C(Cl)N=C2SC=CN21. The molecule has 0 bridgehead atoms. The van der Waals surface area contributed by atoms with Crippen LogP contribution >= 0.6 is 23.4 Å². The number of sulfonamides is 1. The highest BCUT2D eigenvalue weighted by molar-refractivity contribution is 8.16. The van der Waals surface area contributed by atoms with Gasteiger partial charge >= 0.3 is 0 Å². The molecule has 0 amide bonds. The third-order valence-electron chi connectivity index (χ3n) is 4.13. The number of thioether (sulfide) groups is 1. The van der Waals surface area contributed by atoms with Crippen LogP contribution in [0.5, 0.6) is 0 Å². The fraction of sp³-hybridized carbons (Fsp3) is 0.357. The van der Waals surface area contributed by atoms with E-state index in [1.54, 1.807) is 28.6 Å². The average molecular weight is 372 g/mol. The first kappa shape index (κ1) is 15.3. The van der Waals surface area contributed by atoms with Gasteiger partial charge in [0.05, 0.1) is 6.10 Å². The van der Waals surface area contributed by atoms with E-state index in [4.69, 9.17) is 11.6 Å². The van der Waals surface area contributed by atoms with Crippen molar-refractivity contribution in [2.75, 3.05) is 4.72 Å². The van der Waals surface area contributed by atoms with E-state index in [2.05, 4.69) is 9.71 Å². The lowest BCUT2D eigenvalue weighted by Gasteiger charge is -2.23. The van der Waals surface area contributed by atoms with Gasteiger partial charge in [0.15, 0.2) is 16.0 Å². The molecule has 1 aromatic carbocycles. The summed E-state index contributed by atoms with van der Waals surface area (Å²) in [6, 6.07) is 5.26. The van der Waals surface area contributed by atoms with Crippen LogP contribution in [0.4, 0.5) is 5.69 Å². The third kappa shape index (κ3) is 2.53. The van der Waals surface area contributed by atoms with Crippen LogP contribution in [-0.4, -0.2) is 34.5 Å². The lowest BCUT2D eigenvalue weighted by atomic mass is 10.1. The molecular formula is C14H14ClN3O3S2. The number of anilines is 1. The number of nitrogens with zero attached hydrogens (tertiary/aromatic N) is 2. The van der Waals surface area contributed by atoms with Crippen molar-refractivity contribution in [1.29, 1.82) is 0 Å². The van der Waals surface area contributed by atoms with Gasteiger partial charge in [-0.25, -0.2) is 13.4 Å². The number of halogens is 1. The number of hydrogen-bond donors (Lipinski definition) is 2. The van der Waals surface area contributed by atoms with E-state index in [9.17, 15) is 13.5 Å². The number of benzene rings is 1. The number of amidine groups is 1. The van der Waals surface area contributed by atoms with E-state index in [1.807, 2.05) is 6.07 Å². The fourth-order valence-electron chi connectivity index (χ4n) is 3.04. The molecule has 0 spiro atoms. The zero-order valence-corrected chi connectivity index (χ0v) is 14.3. The summed E-state index contributed by atoms with van der Waals surface area (Å²) < 4.78 is 28.0. The number of fused-ring (bicyclic) bond motifs is 2. The summed E-state index contributed by atoms with van der Waals surface area (Å²) in [5.74, 6) is 0. The molecule has 3 unspecified atom stereocenters. The van der Waals surface area contributed by atoms with Gasteiger partial charge in [-0.3, -0.25) is 4.72 Å². The number of nitrogens with one attached hydrogen (secondary N) is 1. The van der Waals surface area contributed by atoms with Crippen molar-refractivity contribution in [3.05, 3.63) is 40.9 Å². The smallest absolute Gasteiger partial charge is 0.257 e. The minimum Gasteiger partial charge on any atom is -0.388 e. The summed E-state index contributed by atoms with van der Waals surface area (Å²) in [6.07, 6.45) is 2.62. The molecule has 0 saturated heterocycles. The monoisotopic (exact) mass is 371 g/mol. The van der Waals surface area contributed by atoms with E-state index in [0.29, 0.717) is 17.3 Å². The van der Waals surface area contributed by atoms with Crippen LogP contribution in [0.3, 0.4) is 0 Å². The highest BCUT2D eigenvalue weighted by atomic mass is 35.5. The fourth-order valence-corrected chi connectivity index (χ4v) is 5.97. The van der Waals surface area contributed by atoms with Crippen LogP contribution < -0.4 is 4.72 Å². The number of aliphatic imine (C=N–C) groups is 1. The van der Waals surface area contributed by atoms with Gasteiger partial charge in [0.1, 0.15) is 0 Å². The number of alkyl halides is 1. The molecular weight excluding hydrogens is 358 g/mol. The summed E-state index contributed by atoms with van der Waals surface area (Å²) in [5.41, 5.74) is 1.41. The van der Waals surface area contributed by atoms with Crippen molar-refractivity contribution >= 4 is 44.2 Å². The Morgan fingerprint density at radius 2 is 2.26 bits per heavy atom. The standard InChI is InChI=1S/C14H14ClN3O3S2/c15-12-13(18-5-6-22-14(18)16-12)23(20,21)17-9-3-1-8-2-4-11(19)10(8)7-9/h1,3,5-7,11-13,17,19H,2,4H2. The molecule has 9 heteroatoms. The van der Waals surface area contributed by atoms with Crippen LogP contribution in [0.1, 0.15) is 23.7 Å². The van der Waals surface area contributed by atoms with Gasteiger partial charge in [-0.15, -0.1) is 0 Å². The minimum atomic E-state index is -3.77. The third-order valence-corrected chi connectivity index (χ3v) is 7.04. The van der Waals surface area contributed by atoms with Gasteiger partial charge in [0.25, 0.3) is 10.0 Å². The number of aryl methyl sites for hydroxylation is 1. The Bertz CT molecular complexity index is 825. The molecule has 1 aromatic rings. The first-order valence-corrected chi connectivity index (χ1v) is 9.98. The number of aliphatic hydroxyl groups is 1. The van der Waals surface area contributed by atoms with Gasteiger partial charge < -0.3 is 10.0 Å². The maximum absolute atomic E-state index is 12.7. The summed E-state index contributed by atoms with van der Waals surface area (Å²) in [6.45, 7) is 0. The van der Waals surface area contributed by atoms with E-state index in [0.717, 1.165) is 17.5 Å². The molecule has 0 saturated carbocycles. The second kappa shape index (κ2) is 5.41. The molecule has 0 radical (unpaired) electrons. The van der Waals surface area contributed by atoms with Crippen molar-refractivity contribution in [2.45, 2.75) is 29.8 Å². The minimum absolute atomic E-state index is 0.429. The van der Waals surface area contributed by atoms with E-state index in [-0.39, 0.29) is 0 Å². The lowest BCUT2D eigenvalue weighted by Crippen LogP contribution is -2.42. The van der Waals surface area contributed by atoms with Crippen LogP contribution in [0.25, 0.3) is 0 Å². The van der Waals surface area contributed by atoms with E-state index in [1.165, 1.54) is 11.8 Å². The normalized spacial score (nSPS) is 28.7. The Morgan fingerprint density at radius 3 is 3.09 bits per heavy atom. The van der Waals surface area contributed by atoms with Gasteiger partial charge in [-0.1, -0.05) is 29.4 Å². The molecule has 0 fully saturated rings. The number of hydrogen-bond acceptors (Lipinski definition) is 6. The van der Waals surface area contributed by atoms with Crippen molar-refractivity contribution in [2.24, 2.45) is 4.99 Å². The van der Waals surface area contributed by atoms with Gasteiger partial charge in [-0.2, -0.15) is 0 Å². The van der Waals surface area contributed by atoms with E-state index >= 15 is 0 Å². The molecule has 1 aliphatic carbocycles. The van der Waals surface area contributed by atoms with Crippen molar-refractivity contribution in [1.82, 2.24) is 4.90 Å². The quantitative estimate of drug-likeness (QED) is 0.628. The van der Waals surface area contributed by atoms with Gasteiger partial charge in [0.2, 0.25) is 0 Å². The number of aliphatic hydroxyl groups excluding tert-OH is 1. The average Bonchev–Trinajstić information content (AvgIpc) is 3.13. The molecule has 122 valence electrons. The molecule has 2 N–H and O–H groups in total. The van der Waals surface area contributed by atoms with Crippen molar-refractivity contribution in [3.8, 4) is 0 Å². The Balaban J connectivity index is 1.61. The topological polar surface area (TPSA) is 82.0 Å². The summed E-state index contributed by atoms with van der Waals surface area (Å²) in [7, 11) is -3.77. The predicted octanol–water partition coefficient (Wildman–Crippen LogP) is 2.19. The zero-order chi connectivity index (χ0) is 16.2. The highest BCUT2D eigenvalue weighted by Crippen LogP contribution is 2.36. The zero-order valence-electron chi connectivity index (χ0n) is 11.9. The Morgan fingerprint density at radius 1 is 1.43 bits per heavy atom. The molecule has 0 aromatic heterocycles. The van der Waals surface area contributed by atoms with E-state index < -0.39 is 27.0 Å². The predicted molar refractivity (Wildman–Crippen MR) is 91.7 cm³/mol. The maximum Gasteiger partial charge on any atom is 0.257 e. The molecule has 3 aliphatic rings. The molecule has 2 aliphatic heterocycles. The molecule has 23 heavy (non-hydrogen) atoms. The first-order chi connectivity index (χ1) is 11.0. The highest BCUT2D eigenvalue weighted by Gasteiger charge is 2.45. The van der Waals surface area contributed by atoms with Crippen LogP contribution in [0.2, 0.25) is 0 Å². The molecule has 6 nitrogen and oxygen atoms in total. The first-order valence-electron chi connectivity index (χ1n) is 7.12. The van der Waals surface area contributed by atoms with Crippen LogP contribution in [0, 0.1) is 0 Å². The molecule has 4 rings (SSSR count). The summed E-state index contributed by atoms with van der Waals surface area (Å²) in [5, 5.41) is 11.3. The Hall–Kier alpha value is -1.22. The summed E-state index contributed by atoms with van der Waals surface area (Å²) >= 11 is 7.46. The van der Waals surface area contributed by atoms with Crippen LogP contribution in [0.15, 0.2) is 34.8 Å².